The molecule has 4 aliphatic carbocycles. The van der Waals surface area contributed by atoms with Crippen molar-refractivity contribution in [1.29, 1.82) is 0 Å². The van der Waals surface area contributed by atoms with E-state index in [1.54, 1.807) is 0 Å². The van der Waals surface area contributed by atoms with Crippen LogP contribution in [0.1, 0.15) is 127 Å². The Morgan fingerprint density at radius 2 is 1.27 bits per heavy atom. The maximum Gasteiger partial charge on any atom is 0.312 e. The minimum Gasteiger partial charge on any atom is -0.459 e. The molecule has 1 unspecified atom stereocenters. The lowest BCUT2D eigenvalue weighted by molar-refractivity contribution is -0.191. The van der Waals surface area contributed by atoms with Crippen LogP contribution in [0.25, 0.3) is 0 Å². The first-order valence-corrected chi connectivity index (χ1v) is 12.9. The van der Waals surface area contributed by atoms with Crippen LogP contribution in [-0.2, 0) is 9.53 Å². The molecule has 4 bridgehead atoms. The van der Waals surface area contributed by atoms with Crippen LogP contribution >= 0.6 is 0 Å². The van der Waals surface area contributed by atoms with Crippen LogP contribution in [0.2, 0.25) is 0 Å². The number of esters is 1. The van der Waals surface area contributed by atoms with E-state index in [1.165, 1.54) is 38.5 Å². The highest BCUT2D eigenvalue weighted by atomic mass is 16.6. The minimum absolute atomic E-state index is 0.0401. The molecule has 0 saturated heterocycles. The Morgan fingerprint density at radius 3 is 1.60 bits per heavy atom. The van der Waals surface area contributed by atoms with E-state index in [0.717, 1.165) is 43.4 Å². The number of hydrogen-bond acceptors (Lipinski definition) is 2. The predicted octanol–water partition coefficient (Wildman–Crippen LogP) is 8.18. The van der Waals surface area contributed by atoms with Crippen LogP contribution in [-0.4, -0.2) is 11.6 Å². The average molecular weight is 419 g/mol. The van der Waals surface area contributed by atoms with E-state index in [2.05, 4.69) is 62.3 Å². The van der Waals surface area contributed by atoms with Gasteiger partial charge in [-0.3, -0.25) is 4.79 Å². The number of ether oxygens (including phenoxy) is 1. The molecule has 174 valence electrons. The number of rotatable bonds is 7. The first-order chi connectivity index (χ1) is 13.6. The second-order valence-electron chi connectivity index (χ2n) is 14.2. The summed E-state index contributed by atoms with van der Waals surface area (Å²) < 4.78 is 6.67. The van der Waals surface area contributed by atoms with Crippen molar-refractivity contribution >= 4 is 5.97 Å². The van der Waals surface area contributed by atoms with Gasteiger partial charge in [-0.25, -0.2) is 0 Å². The Kier molecular flexibility index (Phi) is 6.27. The molecule has 0 spiro atoms. The van der Waals surface area contributed by atoms with E-state index in [9.17, 15) is 4.79 Å². The Hall–Kier alpha value is -0.530. The fourth-order valence-corrected chi connectivity index (χ4v) is 7.88. The topological polar surface area (TPSA) is 26.3 Å². The van der Waals surface area contributed by atoms with Gasteiger partial charge in [0.1, 0.15) is 5.60 Å². The number of carbonyl (C=O) groups excluding carboxylic acids is 1. The largest absolute Gasteiger partial charge is 0.459 e. The molecule has 0 aliphatic heterocycles. The van der Waals surface area contributed by atoms with Crippen molar-refractivity contribution in [3.63, 3.8) is 0 Å². The number of hydrogen-bond donors (Lipinski definition) is 0. The van der Waals surface area contributed by atoms with Crippen LogP contribution in [0.5, 0.6) is 0 Å². The van der Waals surface area contributed by atoms with Gasteiger partial charge < -0.3 is 4.74 Å². The molecule has 0 aromatic heterocycles. The molecule has 4 aliphatic rings. The molecule has 4 saturated carbocycles. The molecular formula is C28H50O2. The quantitative estimate of drug-likeness (QED) is 0.389. The summed E-state index contributed by atoms with van der Waals surface area (Å²) in [4.78, 5) is 13.9. The van der Waals surface area contributed by atoms with E-state index in [1.807, 2.05) is 0 Å². The van der Waals surface area contributed by atoms with E-state index in [-0.39, 0.29) is 22.4 Å². The van der Waals surface area contributed by atoms with Crippen molar-refractivity contribution in [1.82, 2.24) is 0 Å². The molecule has 0 N–H and O–H groups in total. The van der Waals surface area contributed by atoms with Crippen LogP contribution < -0.4 is 0 Å². The van der Waals surface area contributed by atoms with Crippen molar-refractivity contribution in [2.75, 3.05) is 0 Å². The van der Waals surface area contributed by atoms with Gasteiger partial charge in [0.05, 0.1) is 5.41 Å². The minimum atomic E-state index is -0.484. The van der Waals surface area contributed by atoms with Gasteiger partial charge >= 0.3 is 5.97 Å². The first-order valence-electron chi connectivity index (χ1n) is 12.9. The van der Waals surface area contributed by atoms with Crippen molar-refractivity contribution < 1.29 is 9.53 Å². The summed E-state index contributed by atoms with van der Waals surface area (Å²) in [7, 11) is 0. The molecule has 0 amide bonds. The van der Waals surface area contributed by atoms with Crippen molar-refractivity contribution in [2.24, 2.45) is 39.4 Å². The summed E-state index contributed by atoms with van der Waals surface area (Å²) in [5.74, 6) is 2.87. The first kappa shape index (κ1) is 24.1. The summed E-state index contributed by atoms with van der Waals surface area (Å²) >= 11 is 0. The van der Waals surface area contributed by atoms with Crippen LogP contribution in [0.3, 0.4) is 0 Å². The highest BCUT2D eigenvalue weighted by Crippen LogP contribution is 2.63. The lowest BCUT2D eigenvalue weighted by atomic mass is 9.47. The average Bonchev–Trinajstić information content (AvgIpc) is 2.57. The molecule has 30 heavy (non-hydrogen) atoms. The fraction of sp³-hybridized carbons (Fsp3) is 0.964. The van der Waals surface area contributed by atoms with Gasteiger partial charge in [0.2, 0.25) is 0 Å². The second-order valence-corrected chi connectivity index (χ2v) is 14.2. The summed E-state index contributed by atoms with van der Waals surface area (Å²) in [5, 5.41) is 0. The van der Waals surface area contributed by atoms with Gasteiger partial charge in [0.25, 0.3) is 0 Å². The molecule has 0 aromatic rings. The third-order valence-corrected chi connectivity index (χ3v) is 9.45. The lowest BCUT2D eigenvalue weighted by Crippen LogP contribution is -2.52. The Labute approximate surface area is 187 Å². The summed E-state index contributed by atoms with van der Waals surface area (Å²) in [6.45, 7) is 20.0. The smallest absolute Gasteiger partial charge is 0.312 e. The molecule has 1 atom stereocenters. The predicted molar refractivity (Wildman–Crippen MR) is 126 cm³/mol. The van der Waals surface area contributed by atoms with E-state index < -0.39 is 5.41 Å². The zero-order valence-corrected chi connectivity index (χ0v) is 21.6. The second kappa shape index (κ2) is 7.80. The van der Waals surface area contributed by atoms with Gasteiger partial charge in [-0.15, -0.1) is 0 Å². The molecule has 0 heterocycles. The standard InChI is InChI=1S/C28H50O2/c1-10-28(11-2,19-27-15-20-12-21(16-27)14-22(13-20)17-27)30-23(29)26(9,25(6,7)8)18-24(3,4)5/h20-22H,10-19H2,1-9H3. The van der Waals surface area contributed by atoms with E-state index >= 15 is 0 Å². The Bertz CT molecular complexity index is 593. The molecule has 0 radical (unpaired) electrons. The molecule has 4 rings (SSSR count). The van der Waals surface area contributed by atoms with E-state index in [0.29, 0.717) is 5.41 Å². The van der Waals surface area contributed by atoms with Gasteiger partial charge in [-0.05, 0) is 105 Å². The molecule has 0 aromatic carbocycles. The fourth-order valence-electron chi connectivity index (χ4n) is 7.88. The monoisotopic (exact) mass is 418 g/mol. The van der Waals surface area contributed by atoms with Gasteiger partial charge in [-0.1, -0.05) is 55.4 Å². The lowest BCUT2D eigenvalue weighted by Gasteiger charge is -2.59. The number of carbonyl (C=O) groups is 1. The zero-order chi connectivity index (χ0) is 22.6. The maximum absolute atomic E-state index is 13.9. The summed E-state index contributed by atoms with van der Waals surface area (Å²) in [6.07, 6.45) is 12.4. The Balaban J connectivity index is 1.84. The highest BCUT2D eigenvalue weighted by Gasteiger charge is 2.55. The third-order valence-electron chi connectivity index (χ3n) is 9.45. The van der Waals surface area contributed by atoms with Gasteiger partial charge in [0, 0.05) is 0 Å². The van der Waals surface area contributed by atoms with Gasteiger partial charge in [-0.2, -0.15) is 0 Å². The van der Waals surface area contributed by atoms with Gasteiger partial charge in [0.15, 0.2) is 0 Å². The third kappa shape index (κ3) is 4.63. The molecule has 2 nitrogen and oxygen atoms in total. The molecular weight excluding hydrogens is 368 g/mol. The molecule has 2 heteroatoms. The Morgan fingerprint density at radius 1 is 0.833 bits per heavy atom. The van der Waals surface area contributed by atoms with Crippen LogP contribution in [0.4, 0.5) is 0 Å². The SMILES string of the molecule is CCC(CC)(CC12CC3CC(CC(C3)C1)C2)OC(=O)C(C)(CC(C)(C)C)C(C)(C)C. The van der Waals surface area contributed by atoms with Crippen LogP contribution in [0, 0.1) is 39.4 Å². The summed E-state index contributed by atoms with van der Waals surface area (Å²) in [6, 6.07) is 0. The summed E-state index contributed by atoms with van der Waals surface area (Å²) in [5.41, 5.74) is -0.397. The van der Waals surface area contributed by atoms with Crippen molar-refractivity contribution in [3.05, 3.63) is 0 Å². The van der Waals surface area contributed by atoms with Crippen molar-refractivity contribution in [2.45, 2.75) is 132 Å². The normalized spacial score (nSPS) is 33.4. The maximum atomic E-state index is 13.9. The molecule has 4 fully saturated rings. The van der Waals surface area contributed by atoms with Crippen LogP contribution in [0.15, 0.2) is 0 Å². The highest BCUT2D eigenvalue weighted by molar-refractivity contribution is 5.78. The zero-order valence-electron chi connectivity index (χ0n) is 21.6. The van der Waals surface area contributed by atoms with Crippen molar-refractivity contribution in [3.8, 4) is 0 Å². The van der Waals surface area contributed by atoms with E-state index in [4.69, 9.17) is 4.74 Å².